The Hall–Kier alpha value is -0.570. The lowest BCUT2D eigenvalue weighted by molar-refractivity contribution is -0.142. The molecule has 0 bridgehead atoms. The van der Waals surface area contributed by atoms with Gasteiger partial charge in [-0.25, -0.2) is 0 Å². The molecule has 102 valence electrons. The smallest absolute Gasteiger partial charge is 0.228 e. The molecule has 1 aliphatic heterocycles. The summed E-state index contributed by atoms with van der Waals surface area (Å²) in [5, 5.41) is 0. The van der Waals surface area contributed by atoms with Crippen LogP contribution in [0.25, 0.3) is 0 Å². The molecule has 3 rings (SSSR count). The van der Waals surface area contributed by atoms with Gasteiger partial charge in [0.05, 0.1) is 6.10 Å². The average molecular weight is 251 g/mol. The van der Waals surface area contributed by atoms with Crippen LogP contribution in [0.5, 0.6) is 0 Å². The van der Waals surface area contributed by atoms with Crippen molar-refractivity contribution in [2.45, 2.75) is 58.0 Å². The first-order valence-electron chi connectivity index (χ1n) is 7.42. The fourth-order valence-electron chi connectivity index (χ4n) is 4.06. The van der Waals surface area contributed by atoms with Gasteiger partial charge in [-0.15, -0.1) is 0 Å². The zero-order valence-corrected chi connectivity index (χ0v) is 11.7. The molecule has 1 amide bonds. The third-order valence-electron chi connectivity index (χ3n) is 5.52. The van der Waals surface area contributed by atoms with Gasteiger partial charge in [-0.1, -0.05) is 13.3 Å². The van der Waals surface area contributed by atoms with Crippen molar-refractivity contribution in [1.82, 2.24) is 4.90 Å². The van der Waals surface area contributed by atoms with E-state index in [1.54, 1.807) is 0 Å². The fourth-order valence-corrected chi connectivity index (χ4v) is 4.06. The first kappa shape index (κ1) is 12.5. The molecular formula is C15H25NO2. The largest absolute Gasteiger partial charge is 0.381 e. The van der Waals surface area contributed by atoms with Gasteiger partial charge < -0.3 is 9.64 Å². The highest BCUT2D eigenvalue weighted by Gasteiger charge is 2.51. The van der Waals surface area contributed by atoms with Crippen LogP contribution < -0.4 is 0 Å². The van der Waals surface area contributed by atoms with Crippen molar-refractivity contribution in [2.24, 2.45) is 10.8 Å². The standard InChI is InChI=1S/C15H25NO2/c1-14(8-9-14)13(17)16-10-4-7-15(11-16)6-3-5-12(15)18-2/h12H,3-11H2,1-2H3/t12-,15-/m1/s1. The third-order valence-corrected chi connectivity index (χ3v) is 5.52. The highest BCUT2D eigenvalue weighted by Crippen LogP contribution is 2.50. The molecule has 1 saturated heterocycles. The van der Waals surface area contributed by atoms with Gasteiger partial charge in [-0.05, 0) is 38.5 Å². The number of carbonyl (C=O) groups is 1. The van der Waals surface area contributed by atoms with Crippen LogP contribution in [0, 0.1) is 10.8 Å². The van der Waals surface area contributed by atoms with E-state index < -0.39 is 0 Å². The average Bonchev–Trinajstić information content (AvgIpc) is 3.02. The van der Waals surface area contributed by atoms with Gasteiger partial charge in [0, 0.05) is 31.0 Å². The van der Waals surface area contributed by atoms with Gasteiger partial charge in [-0.3, -0.25) is 4.79 Å². The molecular weight excluding hydrogens is 226 g/mol. The highest BCUT2D eigenvalue weighted by atomic mass is 16.5. The Morgan fingerprint density at radius 2 is 1.94 bits per heavy atom. The van der Waals surface area contributed by atoms with E-state index in [4.69, 9.17) is 4.74 Å². The first-order valence-corrected chi connectivity index (χ1v) is 7.42. The van der Waals surface area contributed by atoms with Crippen LogP contribution in [-0.4, -0.2) is 37.1 Å². The van der Waals surface area contributed by atoms with Gasteiger partial charge in [0.2, 0.25) is 5.91 Å². The van der Waals surface area contributed by atoms with Crippen molar-refractivity contribution in [1.29, 1.82) is 0 Å². The minimum atomic E-state index is -0.0142. The summed E-state index contributed by atoms with van der Waals surface area (Å²) < 4.78 is 5.70. The van der Waals surface area contributed by atoms with Crippen LogP contribution in [0.1, 0.15) is 51.9 Å². The number of nitrogens with zero attached hydrogens (tertiary/aromatic N) is 1. The van der Waals surface area contributed by atoms with E-state index in [9.17, 15) is 4.79 Å². The number of hydrogen-bond donors (Lipinski definition) is 0. The first-order chi connectivity index (χ1) is 8.60. The Kier molecular flexibility index (Phi) is 2.92. The third kappa shape index (κ3) is 1.87. The summed E-state index contributed by atoms with van der Waals surface area (Å²) in [4.78, 5) is 14.6. The molecule has 0 radical (unpaired) electrons. The molecule has 0 N–H and O–H groups in total. The van der Waals surface area contributed by atoms with Crippen molar-refractivity contribution < 1.29 is 9.53 Å². The van der Waals surface area contributed by atoms with Gasteiger partial charge in [0.25, 0.3) is 0 Å². The molecule has 2 saturated carbocycles. The molecule has 0 aromatic heterocycles. The number of likely N-dealkylation sites (tertiary alicyclic amines) is 1. The number of hydrogen-bond acceptors (Lipinski definition) is 2. The van der Waals surface area contributed by atoms with Crippen LogP contribution in [-0.2, 0) is 9.53 Å². The molecule has 1 spiro atoms. The summed E-state index contributed by atoms with van der Waals surface area (Å²) in [6, 6.07) is 0. The second kappa shape index (κ2) is 4.22. The summed E-state index contributed by atoms with van der Waals surface area (Å²) in [5.74, 6) is 0.406. The van der Waals surface area contributed by atoms with Crippen molar-refractivity contribution in [3.05, 3.63) is 0 Å². The zero-order valence-electron chi connectivity index (χ0n) is 11.7. The molecule has 0 aromatic rings. The van der Waals surface area contributed by atoms with E-state index >= 15 is 0 Å². The van der Waals surface area contributed by atoms with Crippen molar-refractivity contribution >= 4 is 5.91 Å². The van der Waals surface area contributed by atoms with Crippen molar-refractivity contribution in [3.63, 3.8) is 0 Å². The van der Waals surface area contributed by atoms with Crippen LogP contribution in [0.15, 0.2) is 0 Å². The van der Waals surface area contributed by atoms with Crippen molar-refractivity contribution in [3.8, 4) is 0 Å². The number of amides is 1. The van der Waals surface area contributed by atoms with Gasteiger partial charge in [-0.2, -0.15) is 0 Å². The predicted molar refractivity (Wildman–Crippen MR) is 70.2 cm³/mol. The Morgan fingerprint density at radius 3 is 2.61 bits per heavy atom. The Labute approximate surface area is 110 Å². The lowest BCUT2D eigenvalue weighted by Crippen LogP contribution is -2.51. The van der Waals surface area contributed by atoms with E-state index in [2.05, 4.69) is 11.8 Å². The van der Waals surface area contributed by atoms with E-state index in [0.29, 0.717) is 12.0 Å². The van der Waals surface area contributed by atoms with E-state index in [1.807, 2.05) is 7.11 Å². The minimum Gasteiger partial charge on any atom is -0.381 e. The summed E-state index contributed by atoms with van der Waals surface area (Å²) >= 11 is 0. The molecule has 2 atom stereocenters. The predicted octanol–water partition coefficient (Wildman–Crippen LogP) is 2.59. The number of ether oxygens (including phenoxy) is 1. The summed E-state index contributed by atoms with van der Waals surface area (Å²) in [6.45, 7) is 4.03. The van der Waals surface area contributed by atoms with Gasteiger partial charge >= 0.3 is 0 Å². The summed E-state index contributed by atoms with van der Waals surface area (Å²) in [7, 11) is 1.83. The number of rotatable bonds is 2. The Morgan fingerprint density at radius 1 is 1.22 bits per heavy atom. The van der Waals surface area contributed by atoms with Crippen LogP contribution in [0.2, 0.25) is 0 Å². The highest BCUT2D eigenvalue weighted by molar-refractivity contribution is 5.85. The van der Waals surface area contributed by atoms with Crippen LogP contribution in [0.3, 0.4) is 0 Å². The molecule has 2 aliphatic carbocycles. The topological polar surface area (TPSA) is 29.5 Å². The fraction of sp³-hybridized carbons (Fsp3) is 0.933. The maximum Gasteiger partial charge on any atom is 0.228 e. The molecule has 1 heterocycles. The number of methoxy groups -OCH3 is 1. The molecule has 0 aromatic carbocycles. The molecule has 3 fully saturated rings. The Bertz CT molecular complexity index is 350. The maximum absolute atomic E-state index is 12.5. The number of carbonyl (C=O) groups excluding carboxylic acids is 1. The lowest BCUT2D eigenvalue weighted by atomic mass is 9.76. The minimum absolute atomic E-state index is 0.0142. The second-order valence-corrected chi connectivity index (χ2v) is 6.87. The molecule has 3 heteroatoms. The summed E-state index contributed by atoms with van der Waals surface area (Å²) in [6.07, 6.45) is 8.62. The monoisotopic (exact) mass is 251 g/mol. The second-order valence-electron chi connectivity index (χ2n) is 6.87. The lowest BCUT2D eigenvalue weighted by Gasteiger charge is -2.44. The summed E-state index contributed by atoms with van der Waals surface area (Å²) in [5.41, 5.74) is 0.258. The van der Waals surface area contributed by atoms with Gasteiger partial charge in [0.1, 0.15) is 0 Å². The van der Waals surface area contributed by atoms with Crippen LogP contribution in [0.4, 0.5) is 0 Å². The maximum atomic E-state index is 12.5. The molecule has 3 aliphatic rings. The quantitative estimate of drug-likeness (QED) is 0.755. The van der Waals surface area contributed by atoms with E-state index in [1.165, 1.54) is 25.7 Å². The number of piperidine rings is 1. The Balaban J connectivity index is 1.73. The SMILES string of the molecule is CO[C@@H]1CCC[C@]12CCCN(C(=O)C1(C)CC1)C2. The zero-order chi connectivity index (χ0) is 12.8. The molecule has 0 unspecified atom stereocenters. The van der Waals surface area contributed by atoms with E-state index in [-0.39, 0.29) is 10.8 Å². The molecule has 18 heavy (non-hydrogen) atoms. The normalized spacial score (nSPS) is 38.1. The van der Waals surface area contributed by atoms with Gasteiger partial charge in [0.15, 0.2) is 0 Å². The van der Waals surface area contributed by atoms with E-state index in [0.717, 1.165) is 32.4 Å². The molecule has 3 nitrogen and oxygen atoms in total. The van der Waals surface area contributed by atoms with Crippen LogP contribution >= 0.6 is 0 Å². The van der Waals surface area contributed by atoms with Crippen molar-refractivity contribution in [2.75, 3.05) is 20.2 Å².